The Morgan fingerprint density at radius 2 is 2.00 bits per heavy atom. The topological polar surface area (TPSA) is 93.9 Å². The van der Waals surface area contributed by atoms with Crippen molar-refractivity contribution in [3.63, 3.8) is 0 Å². The van der Waals surface area contributed by atoms with Crippen LogP contribution in [0.1, 0.15) is 11.1 Å². The zero-order chi connectivity index (χ0) is 18.3. The highest BCUT2D eigenvalue weighted by molar-refractivity contribution is 6.29. The molecule has 0 spiro atoms. The molecule has 1 aromatic carbocycles. The van der Waals surface area contributed by atoms with E-state index in [4.69, 9.17) is 0 Å². The minimum Gasteiger partial charge on any atom is -0.508 e. The Morgan fingerprint density at radius 1 is 1.15 bits per heavy atom. The molecule has 132 valence electrons. The Labute approximate surface area is 150 Å². The summed E-state index contributed by atoms with van der Waals surface area (Å²) < 4.78 is 0. The zero-order valence-corrected chi connectivity index (χ0v) is 14.6. The first-order chi connectivity index (χ1) is 12.6. The number of hydrogen-bond acceptors (Lipinski definition) is 7. The Bertz CT molecular complexity index is 1030. The third-order valence-corrected chi connectivity index (χ3v) is 4.50. The average Bonchev–Trinajstić information content (AvgIpc) is 2.96. The number of hydrogen-bond donors (Lipinski definition) is 3. The lowest BCUT2D eigenvalue weighted by Crippen LogP contribution is -2.22. The number of aromatic hydroxyl groups is 1. The largest absolute Gasteiger partial charge is 0.508 e. The van der Waals surface area contributed by atoms with Crippen molar-refractivity contribution in [2.24, 2.45) is 5.16 Å². The number of fused-ring (bicyclic) bond motifs is 5. The van der Waals surface area contributed by atoms with Crippen LogP contribution in [0.3, 0.4) is 0 Å². The van der Waals surface area contributed by atoms with Crippen LogP contribution in [0.2, 0.25) is 0 Å². The van der Waals surface area contributed by atoms with Crippen LogP contribution < -0.4 is 5.32 Å². The van der Waals surface area contributed by atoms with Crippen LogP contribution >= 0.6 is 0 Å². The van der Waals surface area contributed by atoms with Gasteiger partial charge in [-0.1, -0.05) is 5.16 Å². The van der Waals surface area contributed by atoms with Gasteiger partial charge >= 0.3 is 0 Å². The van der Waals surface area contributed by atoms with Crippen molar-refractivity contribution < 1.29 is 10.3 Å². The van der Waals surface area contributed by atoms with Gasteiger partial charge in [0.25, 0.3) is 0 Å². The van der Waals surface area contributed by atoms with Gasteiger partial charge in [-0.2, -0.15) is 0 Å². The summed E-state index contributed by atoms with van der Waals surface area (Å²) in [6.07, 6.45) is 3.41. The summed E-state index contributed by atoms with van der Waals surface area (Å²) in [7, 11) is 4.00. The number of phenolic OH excluding ortho intramolecular Hbond substituents is 1. The maximum Gasteiger partial charge on any atom is 0.137 e. The molecule has 1 aliphatic rings. The van der Waals surface area contributed by atoms with Gasteiger partial charge in [0.2, 0.25) is 0 Å². The van der Waals surface area contributed by atoms with Gasteiger partial charge in [-0.3, -0.25) is 4.98 Å². The monoisotopic (exact) mass is 349 g/mol. The first kappa shape index (κ1) is 16.3. The molecule has 0 bridgehead atoms. The van der Waals surface area contributed by atoms with Crippen LogP contribution in [0.15, 0.2) is 41.8 Å². The zero-order valence-electron chi connectivity index (χ0n) is 14.6. The fourth-order valence-corrected chi connectivity index (χ4v) is 3.33. The highest BCUT2D eigenvalue weighted by atomic mass is 16.4. The molecule has 0 amide bonds. The number of pyridine rings is 2. The SMILES string of the molecule is CN(C)CCNc1nc2cc(O)ccc2c2c1/C(=N/O)c1cnccc1-2. The van der Waals surface area contributed by atoms with E-state index in [1.54, 1.807) is 24.5 Å². The number of likely N-dealkylation sites (N-methyl/N-ethyl adjacent to an activating group) is 1. The Balaban J connectivity index is 1.98. The third-order valence-electron chi connectivity index (χ3n) is 4.50. The summed E-state index contributed by atoms with van der Waals surface area (Å²) in [4.78, 5) is 10.9. The number of oxime groups is 1. The van der Waals surface area contributed by atoms with Crippen molar-refractivity contribution in [3.8, 4) is 16.9 Å². The van der Waals surface area contributed by atoms with E-state index in [9.17, 15) is 10.3 Å². The summed E-state index contributed by atoms with van der Waals surface area (Å²) in [5, 5.41) is 27.3. The smallest absolute Gasteiger partial charge is 0.137 e. The van der Waals surface area contributed by atoms with Crippen LogP contribution in [0, 0.1) is 0 Å². The van der Waals surface area contributed by atoms with E-state index in [0.29, 0.717) is 23.6 Å². The molecular weight excluding hydrogens is 330 g/mol. The van der Waals surface area contributed by atoms with Gasteiger partial charge in [-0.05, 0) is 37.9 Å². The molecule has 1 aliphatic carbocycles. The molecule has 0 fully saturated rings. The lowest BCUT2D eigenvalue weighted by atomic mass is 10.0. The summed E-state index contributed by atoms with van der Waals surface area (Å²) in [6, 6.07) is 7.02. The van der Waals surface area contributed by atoms with Crippen LogP contribution in [-0.4, -0.2) is 58.1 Å². The van der Waals surface area contributed by atoms with E-state index >= 15 is 0 Å². The second-order valence-electron chi connectivity index (χ2n) is 6.51. The Morgan fingerprint density at radius 3 is 2.77 bits per heavy atom. The minimum absolute atomic E-state index is 0.160. The maximum atomic E-state index is 9.87. The van der Waals surface area contributed by atoms with Gasteiger partial charge in [-0.15, -0.1) is 0 Å². The van der Waals surface area contributed by atoms with Crippen molar-refractivity contribution in [2.45, 2.75) is 0 Å². The van der Waals surface area contributed by atoms with Gasteiger partial charge in [-0.25, -0.2) is 4.98 Å². The third kappa shape index (κ3) is 2.53. The minimum atomic E-state index is 0.160. The van der Waals surface area contributed by atoms with E-state index in [-0.39, 0.29) is 5.75 Å². The highest BCUT2D eigenvalue weighted by Gasteiger charge is 2.31. The van der Waals surface area contributed by atoms with Crippen molar-refractivity contribution in [1.82, 2.24) is 14.9 Å². The van der Waals surface area contributed by atoms with Gasteiger partial charge in [0.1, 0.15) is 17.3 Å². The van der Waals surface area contributed by atoms with Crippen LogP contribution in [0.25, 0.3) is 22.0 Å². The standard InChI is InChI=1S/C19H19N5O2/c1-24(2)8-7-21-19-17-16(13-4-3-11(25)9-15(13)22-19)12-5-6-20-10-14(12)18(17)23-26/h3-6,9-10,25-26H,7-8H2,1-2H3,(H,21,22)/b23-18+. The lowest BCUT2D eigenvalue weighted by Gasteiger charge is -2.15. The van der Waals surface area contributed by atoms with Crippen molar-refractivity contribution in [3.05, 3.63) is 47.8 Å². The van der Waals surface area contributed by atoms with E-state index in [1.807, 2.05) is 26.2 Å². The number of nitrogens with zero attached hydrogens (tertiary/aromatic N) is 4. The summed E-state index contributed by atoms with van der Waals surface area (Å²) >= 11 is 0. The number of anilines is 1. The fraction of sp³-hybridized carbons (Fsp3) is 0.211. The molecule has 0 saturated carbocycles. The molecule has 0 aliphatic heterocycles. The number of phenols is 1. The fourth-order valence-electron chi connectivity index (χ4n) is 3.33. The molecular formula is C19H19N5O2. The van der Waals surface area contributed by atoms with Crippen molar-refractivity contribution in [1.29, 1.82) is 0 Å². The normalized spacial score (nSPS) is 14.0. The van der Waals surface area contributed by atoms with Gasteiger partial charge in [0, 0.05) is 48.1 Å². The van der Waals surface area contributed by atoms with E-state index in [2.05, 4.69) is 25.3 Å². The van der Waals surface area contributed by atoms with Gasteiger partial charge in [0.05, 0.1) is 11.1 Å². The molecule has 0 saturated heterocycles. The number of benzene rings is 1. The first-order valence-electron chi connectivity index (χ1n) is 8.32. The van der Waals surface area contributed by atoms with E-state index in [0.717, 1.165) is 34.2 Å². The second kappa shape index (κ2) is 6.27. The van der Waals surface area contributed by atoms with Crippen LogP contribution in [-0.2, 0) is 0 Å². The van der Waals surface area contributed by atoms with E-state index in [1.165, 1.54) is 0 Å². The van der Waals surface area contributed by atoms with Crippen molar-refractivity contribution in [2.75, 3.05) is 32.5 Å². The molecule has 0 unspecified atom stereocenters. The second-order valence-corrected chi connectivity index (χ2v) is 6.51. The summed E-state index contributed by atoms with van der Waals surface area (Å²) in [5.74, 6) is 0.789. The van der Waals surface area contributed by atoms with E-state index < -0.39 is 0 Å². The highest BCUT2D eigenvalue weighted by Crippen LogP contribution is 2.44. The van der Waals surface area contributed by atoms with Crippen molar-refractivity contribution >= 4 is 22.4 Å². The number of aromatic nitrogens is 2. The first-order valence-corrected chi connectivity index (χ1v) is 8.32. The molecule has 0 radical (unpaired) electrons. The number of nitrogens with one attached hydrogen (secondary N) is 1. The molecule has 7 nitrogen and oxygen atoms in total. The Kier molecular flexibility index (Phi) is 3.93. The lowest BCUT2D eigenvalue weighted by molar-refractivity contribution is 0.320. The Hall–Kier alpha value is -3.19. The number of rotatable bonds is 4. The van der Waals surface area contributed by atoms with Gasteiger partial charge < -0.3 is 20.5 Å². The van der Waals surface area contributed by atoms with Crippen LogP contribution in [0.4, 0.5) is 5.82 Å². The predicted octanol–water partition coefficient (Wildman–Crippen LogP) is 2.52. The molecule has 3 aromatic rings. The molecule has 2 aromatic heterocycles. The quantitative estimate of drug-likeness (QED) is 0.387. The summed E-state index contributed by atoms with van der Waals surface area (Å²) in [6.45, 7) is 1.51. The molecule has 26 heavy (non-hydrogen) atoms. The predicted molar refractivity (Wildman–Crippen MR) is 101 cm³/mol. The molecule has 3 N–H and O–H groups in total. The molecule has 4 rings (SSSR count). The average molecular weight is 349 g/mol. The molecule has 2 heterocycles. The molecule has 7 heteroatoms. The molecule has 0 atom stereocenters. The summed E-state index contributed by atoms with van der Waals surface area (Å²) in [5.41, 5.74) is 4.54. The van der Waals surface area contributed by atoms with Gasteiger partial charge in [0.15, 0.2) is 0 Å². The maximum absolute atomic E-state index is 9.87. The van der Waals surface area contributed by atoms with Crippen LogP contribution in [0.5, 0.6) is 5.75 Å².